The number of rotatable bonds is 6. The molecule has 8 heteroatoms. The van der Waals surface area contributed by atoms with Crippen molar-refractivity contribution < 1.29 is 18.0 Å². The summed E-state index contributed by atoms with van der Waals surface area (Å²) in [4.78, 5) is 19.7. The highest BCUT2D eigenvalue weighted by molar-refractivity contribution is 5.82. The first-order valence-corrected chi connectivity index (χ1v) is 11.4. The predicted octanol–water partition coefficient (Wildman–Crippen LogP) is 3.25. The van der Waals surface area contributed by atoms with Crippen LogP contribution in [0.25, 0.3) is 0 Å². The van der Waals surface area contributed by atoms with Crippen molar-refractivity contribution >= 4 is 11.6 Å². The third kappa shape index (κ3) is 5.50. The summed E-state index contributed by atoms with van der Waals surface area (Å²) in [6.45, 7) is 4.18. The van der Waals surface area contributed by atoms with E-state index < -0.39 is 17.7 Å². The number of likely N-dealkylation sites (N-methyl/N-ethyl adjacent to an activating group) is 1. The largest absolute Gasteiger partial charge is 0.416 e. The van der Waals surface area contributed by atoms with Gasteiger partial charge >= 0.3 is 6.18 Å². The van der Waals surface area contributed by atoms with E-state index in [9.17, 15) is 18.0 Å². The number of halogens is 3. The van der Waals surface area contributed by atoms with E-state index in [-0.39, 0.29) is 11.9 Å². The second-order valence-corrected chi connectivity index (χ2v) is 9.23. The van der Waals surface area contributed by atoms with Gasteiger partial charge in [-0.15, -0.1) is 0 Å². The van der Waals surface area contributed by atoms with Crippen LogP contribution in [0.4, 0.5) is 18.9 Å². The van der Waals surface area contributed by atoms with Crippen LogP contribution in [0.3, 0.4) is 0 Å². The second kappa shape index (κ2) is 9.73. The number of benzene rings is 2. The molecular weight excluding hydrogens is 429 g/mol. The fraction of sp³-hybridized carbons (Fsp3) is 0.480. The molecule has 0 aromatic heterocycles. The Kier molecular flexibility index (Phi) is 6.95. The Morgan fingerprint density at radius 3 is 2.58 bits per heavy atom. The van der Waals surface area contributed by atoms with E-state index in [1.807, 2.05) is 37.2 Å². The molecule has 0 spiro atoms. The van der Waals surface area contributed by atoms with Crippen LogP contribution >= 0.6 is 0 Å². The molecule has 2 aliphatic heterocycles. The Labute approximate surface area is 193 Å². The number of piperazine rings is 1. The summed E-state index contributed by atoms with van der Waals surface area (Å²) in [7, 11) is 3.87. The first-order chi connectivity index (χ1) is 15.7. The van der Waals surface area contributed by atoms with Gasteiger partial charge in [-0.25, -0.2) is 0 Å². The van der Waals surface area contributed by atoms with E-state index >= 15 is 0 Å². The van der Waals surface area contributed by atoms with Gasteiger partial charge in [0.1, 0.15) is 0 Å². The van der Waals surface area contributed by atoms with Crippen molar-refractivity contribution in [3.63, 3.8) is 0 Å². The highest BCUT2D eigenvalue weighted by Gasteiger charge is 2.42. The van der Waals surface area contributed by atoms with Crippen LogP contribution in [0.2, 0.25) is 0 Å². The minimum Gasteiger partial charge on any atom is -0.365 e. The van der Waals surface area contributed by atoms with Gasteiger partial charge < -0.3 is 15.1 Å². The van der Waals surface area contributed by atoms with Gasteiger partial charge in [-0.05, 0) is 49.8 Å². The van der Waals surface area contributed by atoms with Gasteiger partial charge in [-0.2, -0.15) is 13.2 Å². The molecule has 1 fully saturated rings. The maximum absolute atomic E-state index is 13.3. The van der Waals surface area contributed by atoms with Gasteiger partial charge in [-0.1, -0.05) is 30.3 Å². The molecule has 5 nitrogen and oxygen atoms in total. The number of fused-ring (bicyclic) bond motifs is 3. The Morgan fingerprint density at radius 2 is 1.88 bits per heavy atom. The quantitative estimate of drug-likeness (QED) is 0.719. The van der Waals surface area contributed by atoms with E-state index in [4.69, 9.17) is 0 Å². The molecular formula is C25H31F3N4O. The van der Waals surface area contributed by atoms with Crippen LogP contribution in [0, 0.1) is 5.92 Å². The van der Waals surface area contributed by atoms with E-state index in [0.717, 1.165) is 24.8 Å². The fourth-order valence-electron chi connectivity index (χ4n) is 4.88. The molecule has 2 aromatic rings. The number of nitrogens with one attached hydrogen (secondary N) is 1. The lowest BCUT2D eigenvalue weighted by Crippen LogP contribution is -2.61. The molecule has 2 aromatic carbocycles. The van der Waals surface area contributed by atoms with Crippen LogP contribution in [0.15, 0.2) is 48.5 Å². The highest BCUT2D eigenvalue weighted by atomic mass is 19.4. The summed E-state index contributed by atoms with van der Waals surface area (Å²) < 4.78 is 40.0. The maximum Gasteiger partial charge on any atom is 0.416 e. The normalized spacial score (nSPS) is 21.0. The van der Waals surface area contributed by atoms with Gasteiger partial charge in [0.05, 0.1) is 17.5 Å². The third-order valence-corrected chi connectivity index (χ3v) is 6.57. The van der Waals surface area contributed by atoms with Gasteiger partial charge in [0.25, 0.3) is 0 Å². The Bertz CT molecular complexity index is 964. The van der Waals surface area contributed by atoms with Crippen LogP contribution in [-0.4, -0.2) is 68.6 Å². The maximum atomic E-state index is 13.3. The molecule has 0 radical (unpaired) electrons. The molecule has 0 unspecified atom stereocenters. The topological polar surface area (TPSA) is 38.8 Å². The van der Waals surface area contributed by atoms with Gasteiger partial charge in [0.15, 0.2) is 0 Å². The molecule has 178 valence electrons. The van der Waals surface area contributed by atoms with Crippen molar-refractivity contribution in [3.8, 4) is 0 Å². The number of hydrogen-bond donors (Lipinski definition) is 1. The van der Waals surface area contributed by atoms with Crippen molar-refractivity contribution in [3.05, 3.63) is 65.2 Å². The van der Waals surface area contributed by atoms with Gasteiger partial charge in [0.2, 0.25) is 5.91 Å². The number of carbonyl (C=O) groups excluding carboxylic acids is 1. The number of alkyl halides is 3. The molecule has 1 saturated heterocycles. The molecule has 2 aliphatic rings. The Hall–Kier alpha value is -2.58. The zero-order chi connectivity index (χ0) is 23.6. The predicted molar refractivity (Wildman–Crippen MR) is 123 cm³/mol. The zero-order valence-corrected chi connectivity index (χ0v) is 19.1. The number of nitrogens with zero attached hydrogens (tertiary/aromatic N) is 3. The molecule has 0 aliphatic carbocycles. The average Bonchev–Trinajstić information content (AvgIpc) is 2.77. The highest BCUT2D eigenvalue weighted by Crippen LogP contribution is 2.39. The first kappa shape index (κ1) is 23.6. The lowest BCUT2D eigenvalue weighted by Gasteiger charge is -2.49. The van der Waals surface area contributed by atoms with E-state index in [2.05, 4.69) is 27.2 Å². The van der Waals surface area contributed by atoms with Crippen molar-refractivity contribution in [2.75, 3.05) is 51.7 Å². The Morgan fingerprint density at radius 1 is 1.12 bits per heavy atom. The standard InChI is InChI=1S/C25H31F3N4O/c1-30(2)11-10-29-24(33)21-15-19-14-20(25(26,27)28)8-9-22(19)32-13-12-31(17-23(21)32)16-18-6-4-3-5-7-18/h3-9,14,21,23H,10-13,15-17H2,1-2H3,(H,29,33)/t21-,23+/m1/s1. The van der Waals surface area contributed by atoms with Gasteiger partial charge in [-0.3, -0.25) is 9.69 Å². The number of hydrogen-bond acceptors (Lipinski definition) is 4. The van der Waals surface area contributed by atoms with E-state index in [1.165, 1.54) is 11.6 Å². The van der Waals surface area contributed by atoms with Gasteiger partial charge in [0, 0.05) is 45.0 Å². The first-order valence-electron chi connectivity index (χ1n) is 11.4. The Balaban J connectivity index is 1.58. The summed E-state index contributed by atoms with van der Waals surface area (Å²) >= 11 is 0. The van der Waals surface area contributed by atoms with Crippen molar-refractivity contribution in [1.82, 2.24) is 15.1 Å². The molecule has 4 rings (SSSR count). The average molecular weight is 461 g/mol. The van der Waals surface area contributed by atoms with Crippen LogP contribution < -0.4 is 10.2 Å². The van der Waals surface area contributed by atoms with Crippen molar-refractivity contribution in [2.24, 2.45) is 5.92 Å². The van der Waals surface area contributed by atoms with Crippen molar-refractivity contribution in [1.29, 1.82) is 0 Å². The van der Waals surface area contributed by atoms with Crippen molar-refractivity contribution in [2.45, 2.75) is 25.2 Å². The van der Waals surface area contributed by atoms with Crippen LogP contribution in [-0.2, 0) is 23.9 Å². The summed E-state index contributed by atoms with van der Waals surface area (Å²) in [6, 6.07) is 14.1. The summed E-state index contributed by atoms with van der Waals surface area (Å²) in [5.74, 6) is -0.488. The lowest BCUT2D eigenvalue weighted by atomic mass is 9.82. The molecule has 1 N–H and O–H groups in total. The SMILES string of the molecule is CN(C)CCNC(=O)[C@@H]1Cc2cc(C(F)(F)F)ccc2N2CCN(Cc3ccccc3)C[C@@H]12. The fourth-order valence-corrected chi connectivity index (χ4v) is 4.88. The summed E-state index contributed by atoms with van der Waals surface area (Å²) in [5, 5.41) is 3.01. The second-order valence-electron chi connectivity index (χ2n) is 9.23. The molecule has 2 atom stereocenters. The minimum absolute atomic E-state index is 0.0777. The van der Waals surface area contributed by atoms with E-state index in [0.29, 0.717) is 38.2 Å². The number of anilines is 1. The van der Waals surface area contributed by atoms with E-state index in [1.54, 1.807) is 6.07 Å². The zero-order valence-electron chi connectivity index (χ0n) is 19.1. The summed E-state index contributed by atoms with van der Waals surface area (Å²) in [5.41, 5.74) is 1.98. The molecule has 2 heterocycles. The molecule has 0 bridgehead atoms. The third-order valence-electron chi connectivity index (χ3n) is 6.57. The number of carbonyl (C=O) groups is 1. The summed E-state index contributed by atoms with van der Waals surface area (Å²) in [6.07, 6.45) is -4.09. The smallest absolute Gasteiger partial charge is 0.365 e. The molecule has 0 saturated carbocycles. The lowest BCUT2D eigenvalue weighted by molar-refractivity contribution is -0.137. The monoisotopic (exact) mass is 460 g/mol. The van der Waals surface area contributed by atoms with Crippen LogP contribution in [0.5, 0.6) is 0 Å². The minimum atomic E-state index is -4.40. The number of amides is 1. The molecule has 1 amide bonds. The molecule has 33 heavy (non-hydrogen) atoms. The van der Waals surface area contributed by atoms with Crippen LogP contribution in [0.1, 0.15) is 16.7 Å².